The molecule has 0 saturated heterocycles. The van der Waals surface area contributed by atoms with Gasteiger partial charge in [0.15, 0.2) is 5.82 Å². The van der Waals surface area contributed by atoms with Gasteiger partial charge in [0.25, 0.3) is 0 Å². The van der Waals surface area contributed by atoms with Gasteiger partial charge < -0.3 is 4.42 Å². The molecule has 5 aromatic heterocycles. The van der Waals surface area contributed by atoms with Crippen molar-refractivity contribution in [1.29, 1.82) is 0 Å². The molecular weight excluding hydrogens is 639 g/mol. The lowest BCUT2D eigenvalue weighted by atomic mass is 9.98. The van der Waals surface area contributed by atoms with Gasteiger partial charge in [0, 0.05) is 63.9 Å². The summed E-state index contributed by atoms with van der Waals surface area (Å²) in [6.45, 7) is 0. The summed E-state index contributed by atoms with van der Waals surface area (Å²) >= 11 is 0. The first-order valence-corrected chi connectivity index (χ1v) is 17.2. The largest absolute Gasteiger partial charge is 0.455 e. The predicted octanol–water partition coefficient (Wildman–Crippen LogP) is 11.4. The number of rotatable bonds is 6. The number of para-hydroxylation sites is 1. The lowest BCUT2D eigenvalue weighted by Gasteiger charge is -2.12. The van der Waals surface area contributed by atoms with E-state index < -0.39 is 0 Å². The molecule has 0 N–H and O–H groups in total. The highest BCUT2D eigenvalue weighted by Gasteiger charge is 2.24. The molecule has 6 heteroatoms. The Hall–Kier alpha value is -7.18. The smallest absolute Gasteiger partial charge is 0.162 e. The van der Waals surface area contributed by atoms with Crippen LogP contribution in [0.2, 0.25) is 0 Å². The molecular formula is C46H29N5O. The number of hydrogen-bond acceptors (Lipinski definition) is 5. The van der Waals surface area contributed by atoms with Gasteiger partial charge >= 0.3 is 0 Å². The second kappa shape index (κ2) is 12.3. The lowest BCUT2D eigenvalue weighted by Crippen LogP contribution is -2.02. The molecule has 0 radical (unpaired) electrons. The van der Waals surface area contributed by atoms with E-state index in [1.54, 1.807) is 12.4 Å². The highest BCUT2D eigenvalue weighted by Crippen LogP contribution is 2.46. The Morgan fingerprint density at radius 2 is 1.06 bits per heavy atom. The van der Waals surface area contributed by atoms with Crippen molar-refractivity contribution in [3.05, 3.63) is 176 Å². The Bertz CT molecular complexity index is 2870. The summed E-state index contributed by atoms with van der Waals surface area (Å²) in [6.07, 6.45) is 7.18. The summed E-state index contributed by atoms with van der Waals surface area (Å²) in [5.41, 5.74) is 11.0. The Morgan fingerprint density at radius 3 is 1.79 bits per heavy atom. The van der Waals surface area contributed by atoms with E-state index >= 15 is 0 Å². The van der Waals surface area contributed by atoms with Crippen LogP contribution in [0.4, 0.5) is 0 Å². The minimum absolute atomic E-state index is 0.621. The lowest BCUT2D eigenvalue weighted by molar-refractivity contribution is 0.636. The number of nitrogens with zero attached hydrogens (tertiary/aromatic N) is 5. The molecule has 5 aromatic carbocycles. The first kappa shape index (κ1) is 29.7. The number of benzene rings is 5. The maximum Gasteiger partial charge on any atom is 0.162 e. The molecule has 0 spiro atoms. The molecule has 0 saturated carbocycles. The summed E-state index contributed by atoms with van der Waals surface area (Å²) in [5.74, 6) is 2.24. The van der Waals surface area contributed by atoms with Crippen LogP contribution in [0.1, 0.15) is 0 Å². The van der Waals surface area contributed by atoms with Crippen molar-refractivity contribution in [3.63, 3.8) is 0 Å². The summed E-state index contributed by atoms with van der Waals surface area (Å²) in [5, 5.41) is 3.19. The SMILES string of the molecule is c1ccc(-c2oc3c(ccc4c3c3ccccc3n4-c3cc(-c4ccc(-c5ccncc5)cc4)nc(-c4ccncc4)n3)c2-c2ccccc2)cc1. The van der Waals surface area contributed by atoms with E-state index in [1.165, 1.54) is 0 Å². The fourth-order valence-electron chi connectivity index (χ4n) is 7.24. The van der Waals surface area contributed by atoms with Crippen LogP contribution in [0, 0.1) is 0 Å². The summed E-state index contributed by atoms with van der Waals surface area (Å²) in [7, 11) is 0. The van der Waals surface area contributed by atoms with Crippen molar-refractivity contribution in [2.45, 2.75) is 0 Å². The summed E-state index contributed by atoms with van der Waals surface area (Å²) < 4.78 is 9.22. The van der Waals surface area contributed by atoms with E-state index in [1.807, 2.05) is 48.8 Å². The predicted molar refractivity (Wildman–Crippen MR) is 209 cm³/mol. The Labute approximate surface area is 299 Å². The molecule has 0 atom stereocenters. The Balaban J connectivity index is 1.23. The number of aromatic nitrogens is 5. The van der Waals surface area contributed by atoms with Crippen molar-refractivity contribution >= 4 is 32.8 Å². The minimum atomic E-state index is 0.621. The molecule has 0 aliphatic heterocycles. The van der Waals surface area contributed by atoms with E-state index in [9.17, 15) is 0 Å². The van der Waals surface area contributed by atoms with Gasteiger partial charge in [-0.05, 0) is 59.2 Å². The average molecular weight is 668 g/mol. The molecule has 0 unspecified atom stereocenters. The van der Waals surface area contributed by atoms with Crippen molar-refractivity contribution in [2.24, 2.45) is 0 Å². The van der Waals surface area contributed by atoms with Crippen molar-refractivity contribution < 1.29 is 4.42 Å². The highest BCUT2D eigenvalue weighted by atomic mass is 16.3. The van der Waals surface area contributed by atoms with Gasteiger partial charge in [-0.1, -0.05) is 103 Å². The van der Waals surface area contributed by atoms with E-state index in [0.29, 0.717) is 5.82 Å². The fraction of sp³-hybridized carbons (Fsp3) is 0. The van der Waals surface area contributed by atoms with Gasteiger partial charge in [-0.2, -0.15) is 0 Å². The first-order chi connectivity index (χ1) is 25.8. The molecule has 5 heterocycles. The van der Waals surface area contributed by atoms with Crippen LogP contribution in [-0.4, -0.2) is 24.5 Å². The summed E-state index contributed by atoms with van der Waals surface area (Å²) in [6, 6.07) is 52.2. The topological polar surface area (TPSA) is 69.6 Å². The molecule has 0 aliphatic carbocycles. The second-order valence-corrected chi connectivity index (χ2v) is 12.7. The fourth-order valence-corrected chi connectivity index (χ4v) is 7.24. The molecule has 0 aliphatic rings. The summed E-state index contributed by atoms with van der Waals surface area (Å²) in [4.78, 5) is 18.7. The molecule has 10 aromatic rings. The van der Waals surface area contributed by atoms with Crippen LogP contribution < -0.4 is 0 Å². The molecule has 6 nitrogen and oxygen atoms in total. The van der Waals surface area contributed by atoms with E-state index in [4.69, 9.17) is 14.4 Å². The minimum Gasteiger partial charge on any atom is -0.455 e. The maximum atomic E-state index is 6.99. The first-order valence-electron chi connectivity index (χ1n) is 17.2. The third-order valence-corrected chi connectivity index (χ3v) is 9.66. The Morgan fingerprint density at radius 1 is 0.442 bits per heavy atom. The van der Waals surface area contributed by atoms with Crippen molar-refractivity contribution in [2.75, 3.05) is 0 Å². The van der Waals surface area contributed by atoms with Gasteiger partial charge in [-0.3, -0.25) is 14.5 Å². The quantitative estimate of drug-likeness (QED) is 0.176. The van der Waals surface area contributed by atoms with Crippen LogP contribution in [0.25, 0.3) is 94.8 Å². The average Bonchev–Trinajstić information content (AvgIpc) is 3.79. The molecule has 0 bridgehead atoms. The molecule has 244 valence electrons. The zero-order valence-electron chi connectivity index (χ0n) is 27.9. The van der Waals surface area contributed by atoms with Crippen LogP contribution in [0.5, 0.6) is 0 Å². The maximum absolute atomic E-state index is 6.99. The second-order valence-electron chi connectivity index (χ2n) is 12.7. The van der Waals surface area contributed by atoms with Gasteiger partial charge in [0.2, 0.25) is 0 Å². The highest BCUT2D eigenvalue weighted by molar-refractivity contribution is 6.22. The van der Waals surface area contributed by atoms with Gasteiger partial charge in [0.05, 0.1) is 22.1 Å². The normalized spacial score (nSPS) is 11.5. The number of furan rings is 1. The van der Waals surface area contributed by atoms with E-state index in [-0.39, 0.29) is 0 Å². The van der Waals surface area contributed by atoms with Gasteiger partial charge in [-0.25, -0.2) is 9.97 Å². The standard InChI is InChI=1S/C46H29N5O/c1-3-9-33(10-4-1)42-37-19-20-40-43(45(37)52-44(42)34-11-5-2-6-12-34)36-13-7-8-14-39(36)51(40)41-29-38(49-46(50-41)35-23-27-48-28-24-35)32-17-15-30(16-18-32)31-21-25-47-26-22-31/h1-29H. The van der Waals surface area contributed by atoms with Crippen molar-refractivity contribution in [3.8, 4) is 62.0 Å². The Kier molecular flexibility index (Phi) is 7.03. The van der Waals surface area contributed by atoms with Gasteiger partial charge in [-0.15, -0.1) is 0 Å². The number of hydrogen-bond donors (Lipinski definition) is 0. The zero-order chi connectivity index (χ0) is 34.4. The van der Waals surface area contributed by atoms with Crippen LogP contribution >= 0.6 is 0 Å². The molecule has 52 heavy (non-hydrogen) atoms. The third-order valence-electron chi connectivity index (χ3n) is 9.66. The third kappa shape index (κ3) is 4.96. The molecule has 0 fully saturated rings. The van der Waals surface area contributed by atoms with E-state index in [2.05, 4.69) is 130 Å². The van der Waals surface area contributed by atoms with Crippen LogP contribution in [0.3, 0.4) is 0 Å². The zero-order valence-corrected chi connectivity index (χ0v) is 27.9. The van der Waals surface area contributed by atoms with Crippen LogP contribution in [0.15, 0.2) is 181 Å². The number of fused-ring (bicyclic) bond motifs is 5. The van der Waals surface area contributed by atoms with Crippen LogP contribution in [-0.2, 0) is 0 Å². The molecule has 10 rings (SSSR count). The number of pyridine rings is 2. The van der Waals surface area contributed by atoms with E-state index in [0.717, 1.165) is 89.0 Å². The van der Waals surface area contributed by atoms with Crippen molar-refractivity contribution in [1.82, 2.24) is 24.5 Å². The monoisotopic (exact) mass is 667 g/mol. The van der Waals surface area contributed by atoms with Gasteiger partial charge in [0.1, 0.15) is 17.2 Å². The molecule has 0 amide bonds.